The van der Waals surface area contributed by atoms with Gasteiger partial charge in [0.15, 0.2) is 5.78 Å². The summed E-state index contributed by atoms with van der Waals surface area (Å²) in [7, 11) is -0.249. The molecule has 5 rings (SSSR count). The topological polar surface area (TPSA) is 63.2 Å². The Balaban J connectivity index is 1.48. The fourth-order valence-electron chi connectivity index (χ4n) is 6.97. The third-order valence-corrected chi connectivity index (χ3v) is 9.50. The van der Waals surface area contributed by atoms with Crippen molar-refractivity contribution in [2.75, 3.05) is 0 Å². The summed E-state index contributed by atoms with van der Waals surface area (Å²) in [6, 6.07) is 10.5. The molecule has 0 spiro atoms. The maximum Gasteiger partial charge on any atom is 0.461 e. The second-order valence-corrected chi connectivity index (χ2v) is 12.0. The number of carbonyl (C=O) groups excluding carboxylic acids is 1. The monoisotopic (exact) mass is 454 g/mol. The zero-order chi connectivity index (χ0) is 23.8. The average molecular weight is 454 g/mol. The van der Waals surface area contributed by atoms with Crippen molar-refractivity contribution < 1.29 is 19.8 Å². The maximum absolute atomic E-state index is 13.0. The molecule has 4 nitrogen and oxygen atoms in total. The minimum absolute atomic E-state index is 0.102. The van der Waals surface area contributed by atoms with Crippen LogP contribution >= 0.6 is 0 Å². The Kier molecular flexibility index (Phi) is 7.43. The van der Waals surface area contributed by atoms with E-state index >= 15 is 0 Å². The minimum Gasteiger partial charge on any atom is -0.405 e. The highest BCUT2D eigenvalue weighted by molar-refractivity contribution is 6.47. The number of benzene rings is 1. The molecule has 1 aromatic carbocycles. The Morgan fingerprint density at radius 3 is 2.58 bits per heavy atom. The van der Waals surface area contributed by atoms with E-state index in [4.69, 9.17) is 9.31 Å². The van der Waals surface area contributed by atoms with Gasteiger partial charge in [0.2, 0.25) is 0 Å². The van der Waals surface area contributed by atoms with Crippen LogP contribution < -0.4 is 5.73 Å². The van der Waals surface area contributed by atoms with Gasteiger partial charge in [0.25, 0.3) is 0 Å². The lowest BCUT2D eigenvalue weighted by Crippen LogP contribution is -2.65. The molecule has 4 aliphatic rings. The first-order chi connectivity index (χ1) is 15.7. The molecular formula is C28H45BNO3+. The van der Waals surface area contributed by atoms with Crippen LogP contribution in [0.4, 0.5) is 0 Å². The first kappa shape index (κ1) is 24.9. The Morgan fingerprint density at radius 2 is 1.91 bits per heavy atom. The average Bonchev–Trinajstić information content (AvgIpc) is 3.14. The van der Waals surface area contributed by atoms with Crippen LogP contribution in [0.2, 0.25) is 5.82 Å². The van der Waals surface area contributed by atoms with E-state index in [0.717, 1.165) is 31.6 Å². The van der Waals surface area contributed by atoms with Gasteiger partial charge in [0.1, 0.15) is 6.04 Å². The number of Topliss-reactive ketones (excluding diaryl/α,β-unsaturated/α-hetero) is 1. The number of unbranched alkanes of at least 4 members (excludes halogenated alkanes) is 2. The van der Waals surface area contributed by atoms with Crippen molar-refractivity contribution in [1.82, 2.24) is 0 Å². The van der Waals surface area contributed by atoms with E-state index in [9.17, 15) is 4.79 Å². The van der Waals surface area contributed by atoms with Crippen LogP contribution in [-0.4, -0.2) is 30.6 Å². The maximum atomic E-state index is 13.0. The summed E-state index contributed by atoms with van der Waals surface area (Å²) in [5.74, 6) is 1.92. The highest BCUT2D eigenvalue weighted by atomic mass is 16.7. The van der Waals surface area contributed by atoms with Gasteiger partial charge < -0.3 is 15.0 Å². The summed E-state index contributed by atoms with van der Waals surface area (Å²) >= 11 is 0. The summed E-state index contributed by atoms with van der Waals surface area (Å²) in [5, 5.41) is 0. The number of hydrogen-bond acceptors (Lipinski definition) is 3. The van der Waals surface area contributed by atoms with Gasteiger partial charge in [-0.2, -0.15) is 0 Å². The minimum atomic E-state index is -0.249. The molecule has 7 atom stereocenters. The van der Waals surface area contributed by atoms with Gasteiger partial charge in [-0.15, -0.1) is 0 Å². The van der Waals surface area contributed by atoms with E-state index < -0.39 is 0 Å². The van der Waals surface area contributed by atoms with Crippen molar-refractivity contribution in [3.63, 3.8) is 0 Å². The Bertz CT molecular complexity index is 815. The summed E-state index contributed by atoms with van der Waals surface area (Å²) in [5.41, 5.74) is 5.60. The third kappa shape index (κ3) is 4.83. The number of carbonyl (C=O) groups is 1. The Morgan fingerprint density at radius 1 is 1.18 bits per heavy atom. The predicted molar refractivity (Wildman–Crippen MR) is 134 cm³/mol. The van der Waals surface area contributed by atoms with E-state index in [-0.39, 0.29) is 36.6 Å². The highest BCUT2D eigenvalue weighted by Gasteiger charge is 2.68. The molecule has 1 heterocycles. The summed E-state index contributed by atoms with van der Waals surface area (Å²) < 4.78 is 13.6. The van der Waals surface area contributed by atoms with Crippen molar-refractivity contribution in [2.24, 2.45) is 23.2 Å². The fourth-order valence-corrected chi connectivity index (χ4v) is 6.97. The van der Waals surface area contributed by atoms with Crippen molar-refractivity contribution in [2.45, 2.75) is 110 Å². The molecule has 1 saturated heterocycles. The molecule has 3 N–H and O–H groups in total. The molecule has 0 radical (unpaired) electrons. The molecule has 4 fully saturated rings. The molecule has 1 aliphatic heterocycles. The molecule has 3 saturated carbocycles. The zero-order valence-corrected chi connectivity index (χ0v) is 21.5. The molecule has 182 valence electrons. The van der Waals surface area contributed by atoms with Gasteiger partial charge in [-0.1, -0.05) is 70.9 Å². The van der Waals surface area contributed by atoms with E-state index in [1.807, 2.05) is 0 Å². The number of ketones is 1. The molecule has 3 unspecified atom stereocenters. The number of quaternary nitrogens is 1. The number of rotatable bonds is 11. The normalized spacial score (nSPS) is 32.5. The van der Waals surface area contributed by atoms with Crippen LogP contribution in [0.3, 0.4) is 0 Å². The molecule has 2 bridgehead atoms. The van der Waals surface area contributed by atoms with E-state index in [1.165, 1.54) is 24.8 Å². The van der Waals surface area contributed by atoms with Crippen LogP contribution in [0, 0.1) is 23.2 Å². The second kappa shape index (κ2) is 9.83. The van der Waals surface area contributed by atoms with Crippen LogP contribution in [-0.2, 0) is 20.5 Å². The number of hydrogen-bond donors (Lipinski definition) is 1. The standard InChI is InChI=1S/C28H44BNO3/c1-6-7-9-14-23(30)24(31)15-19(2)22(16-20-12-10-8-11-13-20)29-32-26-18-21-17-25(27(21,3)4)28(26,5)33-29/h8,10-13,19,21-23,25-26H,6-7,9,14-18,30H2,1-5H3/p+1/t19-,21?,22+,23-,25?,26?,28+/m0/s1. The quantitative estimate of drug-likeness (QED) is 0.373. The SMILES string of the molecule is CCCCC[C@H]([NH3+])C(=O)C[C@H](C)[C@@H](Cc1ccccc1)B1OC2CC3CC(C3(C)C)[C@@]2(C)O1. The molecule has 5 heteroatoms. The van der Waals surface area contributed by atoms with Crippen molar-refractivity contribution >= 4 is 12.9 Å². The van der Waals surface area contributed by atoms with Gasteiger partial charge >= 0.3 is 7.12 Å². The Labute approximate surface area is 201 Å². The lowest BCUT2D eigenvalue weighted by Gasteiger charge is -2.64. The summed E-state index contributed by atoms with van der Waals surface area (Å²) in [6.07, 6.45) is 8.30. The van der Waals surface area contributed by atoms with Gasteiger partial charge in [-0.3, -0.25) is 4.79 Å². The molecule has 0 aromatic heterocycles. The first-order valence-electron chi connectivity index (χ1n) is 13.4. The predicted octanol–water partition coefficient (Wildman–Crippen LogP) is 5.11. The summed E-state index contributed by atoms with van der Waals surface area (Å²) in [6.45, 7) is 11.5. The lowest BCUT2D eigenvalue weighted by molar-refractivity contribution is -0.404. The molecular weight excluding hydrogens is 409 g/mol. The third-order valence-electron chi connectivity index (χ3n) is 9.50. The zero-order valence-electron chi connectivity index (χ0n) is 21.5. The largest absolute Gasteiger partial charge is 0.461 e. The van der Waals surface area contributed by atoms with E-state index in [1.54, 1.807) is 0 Å². The second-order valence-electron chi connectivity index (χ2n) is 12.0. The van der Waals surface area contributed by atoms with Crippen molar-refractivity contribution in [1.29, 1.82) is 0 Å². The van der Waals surface area contributed by atoms with Crippen LogP contribution in [0.5, 0.6) is 0 Å². The van der Waals surface area contributed by atoms with Crippen LogP contribution in [0.1, 0.15) is 85.1 Å². The molecule has 0 amide bonds. The van der Waals surface area contributed by atoms with Gasteiger partial charge in [-0.05, 0) is 61.3 Å². The Hall–Kier alpha value is -1.17. The van der Waals surface area contributed by atoms with Crippen LogP contribution in [0.15, 0.2) is 30.3 Å². The van der Waals surface area contributed by atoms with Crippen molar-refractivity contribution in [3.8, 4) is 0 Å². The van der Waals surface area contributed by atoms with Gasteiger partial charge in [0.05, 0.1) is 11.7 Å². The lowest BCUT2D eigenvalue weighted by atomic mass is 9.43. The molecule has 33 heavy (non-hydrogen) atoms. The summed E-state index contributed by atoms with van der Waals surface area (Å²) in [4.78, 5) is 13.0. The van der Waals surface area contributed by atoms with E-state index in [2.05, 4.69) is 70.7 Å². The highest BCUT2D eigenvalue weighted by Crippen LogP contribution is 2.66. The molecule has 1 aromatic rings. The first-order valence-corrected chi connectivity index (χ1v) is 13.4. The van der Waals surface area contributed by atoms with Crippen LogP contribution in [0.25, 0.3) is 0 Å². The van der Waals surface area contributed by atoms with Gasteiger partial charge in [-0.25, -0.2) is 0 Å². The van der Waals surface area contributed by atoms with E-state index in [0.29, 0.717) is 23.5 Å². The van der Waals surface area contributed by atoms with Crippen molar-refractivity contribution in [3.05, 3.63) is 35.9 Å². The fraction of sp³-hybridized carbons (Fsp3) is 0.750. The van der Waals surface area contributed by atoms with Gasteiger partial charge in [0, 0.05) is 18.7 Å². The smallest absolute Gasteiger partial charge is 0.405 e. The molecule has 3 aliphatic carbocycles.